The van der Waals surface area contributed by atoms with Crippen LogP contribution in [0.5, 0.6) is 0 Å². The van der Waals surface area contributed by atoms with Gasteiger partial charge in [0.2, 0.25) is 0 Å². The third kappa shape index (κ3) is 3.71. The molecule has 0 saturated heterocycles. The molecule has 110 valence electrons. The highest BCUT2D eigenvalue weighted by atomic mass is 35.5. The zero-order valence-electron chi connectivity index (χ0n) is 11.8. The van der Waals surface area contributed by atoms with Crippen molar-refractivity contribution < 1.29 is 4.79 Å². The average molecular weight is 324 g/mol. The minimum atomic E-state index is -0.206. The van der Waals surface area contributed by atoms with Crippen LogP contribution in [0.1, 0.15) is 28.4 Å². The summed E-state index contributed by atoms with van der Waals surface area (Å²) in [5.74, 6) is -0.206. The van der Waals surface area contributed by atoms with Crippen molar-refractivity contribution in [1.29, 1.82) is 0 Å². The molecular formula is C15H15Cl2N3O. The standard InChI is InChI=1S/C15H15Cl2N3O/c1-3-20(9-11-7-5-4-6-10(11)2)15(21)12-8-13(16)18-19-14(12)17/h4-8H,3,9H2,1-2H3. The van der Waals surface area contributed by atoms with Gasteiger partial charge in [-0.1, -0.05) is 47.5 Å². The van der Waals surface area contributed by atoms with Crippen molar-refractivity contribution in [3.63, 3.8) is 0 Å². The third-order valence-electron chi connectivity index (χ3n) is 3.24. The third-order valence-corrected chi connectivity index (χ3v) is 3.70. The number of amides is 1. The minimum absolute atomic E-state index is 0.0626. The number of carbonyl (C=O) groups is 1. The van der Waals surface area contributed by atoms with Gasteiger partial charge in [-0.05, 0) is 31.0 Å². The van der Waals surface area contributed by atoms with Crippen LogP contribution >= 0.6 is 23.2 Å². The second-order valence-corrected chi connectivity index (χ2v) is 5.36. The molecule has 0 aliphatic rings. The van der Waals surface area contributed by atoms with Crippen LogP contribution in [-0.4, -0.2) is 27.5 Å². The van der Waals surface area contributed by atoms with Crippen LogP contribution in [0.25, 0.3) is 0 Å². The fourth-order valence-electron chi connectivity index (χ4n) is 1.99. The van der Waals surface area contributed by atoms with Crippen molar-refractivity contribution in [2.24, 2.45) is 0 Å². The lowest BCUT2D eigenvalue weighted by Crippen LogP contribution is -2.31. The van der Waals surface area contributed by atoms with Crippen LogP contribution in [-0.2, 0) is 6.54 Å². The molecule has 4 nitrogen and oxygen atoms in total. The first-order valence-electron chi connectivity index (χ1n) is 6.55. The molecule has 0 aliphatic carbocycles. The van der Waals surface area contributed by atoms with E-state index in [9.17, 15) is 4.79 Å². The molecule has 0 unspecified atom stereocenters. The van der Waals surface area contributed by atoms with E-state index in [1.54, 1.807) is 4.90 Å². The Morgan fingerprint density at radius 1 is 1.24 bits per heavy atom. The van der Waals surface area contributed by atoms with Gasteiger partial charge in [0.1, 0.15) is 0 Å². The predicted octanol–water partition coefficient (Wildman–Crippen LogP) is 3.75. The summed E-state index contributed by atoms with van der Waals surface area (Å²) in [6, 6.07) is 9.40. The van der Waals surface area contributed by atoms with Crippen molar-refractivity contribution in [1.82, 2.24) is 15.1 Å². The summed E-state index contributed by atoms with van der Waals surface area (Å²) < 4.78 is 0. The summed E-state index contributed by atoms with van der Waals surface area (Å²) in [5.41, 5.74) is 2.50. The Kier molecular flexibility index (Phi) is 5.15. The van der Waals surface area contributed by atoms with Gasteiger partial charge in [0.15, 0.2) is 10.3 Å². The van der Waals surface area contributed by atoms with E-state index in [2.05, 4.69) is 10.2 Å². The molecule has 0 atom stereocenters. The van der Waals surface area contributed by atoms with E-state index >= 15 is 0 Å². The number of hydrogen-bond donors (Lipinski definition) is 0. The monoisotopic (exact) mass is 323 g/mol. The van der Waals surface area contributed by atoms with E-state index in [0.717, 1.165) is 11.1 Å². The summed E-state index contributed by atoms with van der Waals surface area (Å²) in [7, 11) is 0. The van der Waals surface area contributed by atoms with Crippen molar-refractivity contribution in [3.05, 3.63) is 57.3 Å². The van der Waals surface area contributed by atoms with Crippen LogP contribution in [0, 0.1) is 6.92 Å². The summed E-state index contributed by atoms with van der Waals surface area (Å²) in [4.78, 5) is 14.3. The summed E-state index contributed by atoms with van der Waals surface area (Å²) in [5, 5.41) is 7.51. The molecule has 1 aromatic carbocycles. The Bertz CT molecular complexity index is 661. The van der Waals surface area contributed by atoms with Gasteiger partial charge in [-0.3, -0.25) is 4.79 Å². The van der Waals surface area contributed by atoms with Crippen molar-refractivity contribution in [3.8, 4) is 0 Å². The van der Waals surface area contributed by atoms with Gasteiger partial charge in [-0.25, -0.2) is 0 Å². The fourth-order valence-corrected chi connectivity index (χ4v) is 2.31. The average Bonchev–Trinajstić information content (AvgIpc) is 2.48. The van der Waals surface area contributed by atoms with Gasteiger partial charge < -0.3 is 4.90 Å². The number of carbonyl (C=O) groups excluding carboxylic acids is 1. The van der Waals surface area contributed by atoms with E-state index in [1.165, 1.54) is 6.07 Å². The number of nitrogens with zero attached hydrogens (tertiary/aromatic N) is 3. The molecule has 21 heavy (non-hydrogen) atoms. The van der Waals surface area contributed by atoms with Gasteiger partial charge in [-0.15, -0.1) is 10.2 Å². The van der Waals surface area contributed by atoms with E-state index in [0.29, 0.717) is 13.1 Å². The van der Waals surface area contributed by atoms with Gasteiger partial charge in [0.25, 0.3) is 5.91 Å². The number of benzene rings is 1. The lowest BCUT2D eigenvalue weighted by atomic mass is 10.1. The van der Waals surface area contributed by atoms with Gasteiger partial charge in [-0.2, -0.15) is 0 Å². The van der Waals surface area contributed by atoms with Crippen molar-refractivity contribution in [2.45, 2.75) is 20.4 Å². The van der Waals surface area contributed by atoms with E-state index in [1.807, 2.05) is 38.1 Å². The minimum Gasteiger partial charge on any atom is -0.334 e. The quantitative estimate of drug-likeness (QED) is 0.860. The number of rotatable bonds is 4. The molecule has 2 aromatic rings. The number of aryl methyl sites for hydroxylation is 1. The Morgan fingerprint density at radius 2 is 1.95 bits per heavy atom. The highest BCUT2D eigenvalue weighted by molar-refractivity contribution is 6.34. The maximum absolute atomic E-state index is 12.6. The lowest BCUT2D eigenvalue weighted by molar-refractivity contribution is 0.0752. The normalized spacial score (nSPS) is 10.5. The molecule has 0 bridgehead atoms. The van der Waals surface area contributed by atoms with Crippen LogP contribution < -0.4 is 0 Å². The van der Waals surface area contributed by atoms with Crippen LogP contribution in [0.2, 0.25) is 10.3 Å². The molecule has 0 spiro atoms. The van der Waals surface area contributed by atoms with Gasteiger partial charge in [0, 0.05) is 13.1 Å². The van der Waals surface area contributed by atoms with Crippen LogP contribution in [0.4, 0.5) is 0 Å². The number of halogens is 2. The number of hydrogen-bond acceptors (Lipinski definition) is 3. The summed E-state index contributed by atoms with van der Waals surface area (Å²) >= 11 is 11.7. The highest BCUT2D eigenvalue weighted by Crippen LogP contribution is 2.19. The molecule has 1 amide bonds. The molecule has 1 heterocycles. The molecular weight excluding hydrogens is 309 g/mol. The van der Waals surface area contributed by atoms with E-state index < -0.39 is 0 Å². The Morgan fingerprint density at radius 3 is 2.62 bits per heavy atom. The first-order valence-corrected chi connectivity index (χ1v) is 7.31. The highest BCUT2D eigenvalue weighted by Gasteiger charge is 2.19. The van der Waals surface area contributed by atoms with E-state index in [4.69, 9.17) is 23.2 Å². The number of aromatic nitrogens is 2. The smallest absolute Gasteiger partial charge is 0.257 e. The summed E-state index contributed by atoms with van der Waals surface area (Å²) in [6.45, 7) is 5.01. The Balaban J connectivity index is 2.27. The van der Waals surface area contributed by atoms with Crippen LogP contribution in [0.3, 0.4) is 0 Å². The first-order chi connectivity index (χ1) is 10.0. The lowest BCUT2D eigenvalue weighted by Gasteiger charge is -2.22. The molecule has 0 N–H and O–H groups in total. The van der Waals surface area contributed by atoms with Crippen molar-refractivity contribution >= 4 is 29.1 Å². The van der Waals surface area contributed by atoms with Gasteiger partial charge in [0.05, 0.1) is 5.56 Å². The molecule has 0 saturated carbocycles. The topological polar surface area (TPSA) is 46.1 Å². The molecule has 6 heteroatoms. The zero-order chi connectivity index (χ0) is 15.4. The fraction of sp³-hybridized carbons (Fsp3) is 0.267. The first kappa shape index (κ1) is 15.7. The maximum Gasteiger partial charge on any atom is 0.257 e. The maximum atomic E-state index is 12.6. The predicted molar refractivity (Wildman–Crippen MR) is 83.6 cm³/mol. The second kappa shape index (κ2) is 6.87. The zero-order valence-corrected chi connectivity index (χ0v) is 13.3. The molecule has 0 fully saturated rings. The van der Waals surface area contributed by atoms with Gasteiger partial charge >= 0.3 is 0 Å². The SMILES string of the molecule is CCN(Cc1ccccc1C)C(=O)c1cc(Cl)nnc1Cl. The van der Waals surface area contributed by atoms with Crippen LogP contribution in [0.15, 0.2) is 30.3 Å². The van der Waals surface area contributed by atoms with Crippen molar-refractivity contribution in [2.75, 3.05) is 6.54 Å². The molecule has 0 radical (unpaired) electrons. The molecule has 1 aromatic heterocycles. The molecule has 2 rings (SSSR count). The largest absolute Gasteiger partial charge is 0.334 e. The Labute approximate surface area is 133 Å². The summed E-state index contributed by atoms with van der Waals surface area (Å²) in [6.07, 6.45) is 0. The van der Waals surface area contributed by atoms with E-state index in [-0.39, 0.29) is 21.8 Å². The Hall–Kier alpha value is -1.65. The molecule has 0 aliphatic heterocycles. The second-order valence-electron chi connectivity index (χ2n) is 4.62.